The largest absolute Gasteiger partial charge is 0.487 e. The van der Waals surface area contributed by atoms with Gasteiger partial charge in [-0.15, -0.1) is 0 Å². The van der Waals surface area contributed by atoms with Crippen LogP contribution in [-0.4, -0.2) is 5.60 Å². The van der Waals surface area contributed by atoms with Gasteiger partial charge in [-0.25, -0.2) is 0 Å². The summed E-state index contributed by atoms with van der Waals surface area (Å²) in [6.07, 6.45) is 6.18. The van der Waals surface area contributed by atoms with Gasteiger partial charge in [0.25, 0.3) is 0 Å². The maximum atomic E-state index is 6.31. The fraction of sp³-hybridized carbons (Fsp3) is 0.600. The van der Waals surface area contributed by atoms with E-state index in [4.69, 9.17) is 10.5 Å². The summed E-state index contributed by atoms with van der Waals surface area (Å²) >= 11 is 3.50. The molecule has 0 bridgehead atoms. The Bertz CT molecular complexity index is 458. The molecule has 2 N–H and O–H groups in total. The zero-order chi connectivity index (χ0) is 12.8. The number of nitrogens with two attached hydrogens (primary N) is 1. The van der Waals surface area contributed by atoms with Crippen molar-refractivity contribution in [1.29, 1.82) is 0 Å². The van der Waals surface area contributed by atoms with Crippen molar-refractivity contribution in [1.82, 2.24) is 0 Å². The molecular formula is C15H20BrNO. The smallest absolute Gasteiger partial charge is 0.126 e. The van der Waals surface area contributed by atoms with E-state index in [1.165, 1.54) is 19.3 Å². The maximum absolute atomic E-state index is 6.31. The lowest BCUT2D eigenvalue weighted by Gasteiger charge is -2.42. The molecule has 2 aliphatic rings. The average molecular weight is 310 g/mol. The van der Waals surface area contributed by atoms with E-state index >= 15 is 0 Å². The van der Waals surface area contributed by atoms with E-state index in [0.717, 1.165) is 34.5 Å². The summed E-state index contributed by atoms with van der Waals surface area (Å²) in [7, 11) is 0. The molecule has 1 fully saturated rings. The van der Waals surface area contributed by atoms with Crippen molar-refractivity contribution in [2.24, 2.45) is 11.7 Å². The Labute approximate surface area is 117 Å². The van der Waals surface area contributed by atoms with Crippen LogP contribution in [0.25, 0.3) is 0 Å². The molecule has 1 heterocycles. The molecule has 2 atom stereocenters. The van der Waals surface area contributed by atoms with Crippen molar-refractivity contribution in [3.8, 4) is 5.75 Å². The normalized spacial score (nSPS) is 31.4. The monoisotopic (exact) mass is 309 g/mol. The van der Waals surface area contributed by atoms with Gasteiger partial charge in [-0.3, -0.25) is 0 Å². The van der Waals surface area contributed by atoms with Crippen molar-refractivity contribution in [2.75, 3.05) is 0 Å². The number of halogens is 1. The molecule has 0 amide bonds. The molecule has 18 heavy (non-hydrogen) atoms. The number of hydrogen-bond acceptors (Lipinski definition) is 2. The Morgan fingerprint density at radius 1 is 1.44 bits per heavy atom. The molecule has 1 unspecified atom stereocenters. The van der Waals surface area contributed by atoms with Gasteiger partial charge in [-0.1, -0.05) is 41.3 Å². The van der Waals surface area contributed by atoms with E-state index < -0.39 is 0 Å². The standard InChI is InChI=1S/C15H20BrNO/c1-15(8-10-3-2-4-10)9-13(17)12-6-5-11(16)7-14(12)18-15/h5-7,10,13H,2-4,8-9,17H2,1H3/t13-,15?/m0/s1. The van der Waals surface area contributed by atoms with Gasteiger partial charge >= 0.3 is 0 Å². The summed E-state index contributed by atoms with van der Waals surface area (Å²) < 4.78 is 7.32. The Balaban J connectivity index is 1.84. The van der Waals surface area contributed by atoms with E-state index in [-0.39, 0.29) is 11.6 Å². The Kier molecular flexibility index (Phi) is 3.15. The summed E-state index contributed by atoms with van der Waals surface area (Å²) in [5.74, 6) is 1.81. The topological polar surface area (TPSA) is 35.2 Å². The highest BCUT2D eigenvalue weighted by atomic mass is 79.9. The van der Waals surface area contributed by atoms with E-state index in [9.17, 15) is 0 Å². The fourth-order valence-corrected chi connectivity index (χ4v) is 3.56. The van der Waals surface area contributed by atoms with Crippen LogP contribution in [0.3, 0.4) is 0 Å². The molecule has 0 aromatic heterocycles. The molecule has 1 aromatic rings. The first kappa shape index (κ1) is 12.5. The molecule has 0 spiro atoms. The first-order chi connectivity index (χ1) is 8.56. The van der Waals surface area contributed by atoms with Gasteiger partial charge < -0.3 is 10.5 Å². The highest BCUT2D eigenvalue weighted by Crippen LogP contribution is 2.44. The van der Waals surface area contributed by atoms with Crippen LogP contribution in [0.4, 0.5) is 0 Å². The van der Waals surface area contributed by atoms with Gasteiger partial charge in [0.05, 0.1) is 0 Å². The molecule has 1 aliphatic carbocycles. The van der Waals surface area contributed by atoms with E-state index in [1.807, 2.05) is 12.1 Å². The Hall–Kier alpha value is -0.540. The van der Waals surface area contributed by atoms with Gasteiger partial charge in [0, 0.05) is 22.5 Å². The quantitative estimate of drug-likeness (QED) is 0.889. The van der Waals surface area contributed by atoms with Gasteiger partial charge in [-0.2, -0.15) is 0 Å². The third-order valence-corrected chi connectivity index (χ3v) is 4.82. The highest BCUT2D eigenvalue weighted by molar-refractivity contribution is 9.10. The van der Waals surface area contributed by atoms with Crippen LogP contribution in [0.2, 0.25) is 0 Å². The SMILES string of the molecule is CC1(CC2CCC2)C[C@H](N)c2ccc(Br)cc2O1. The summed E-state index contributed by atoms with van der Waals surface area (Å²) in [6, 6.07) is 6.27. The third kappa shape index (κ3) is 2.30. The first-order valence-corrected chi connectivity index (χ1v) is 7.59. The molecular weight excluding hydrogens is 290 g/mol. The minimum Gasteiger partial charge on any atom is -0.487 e. The lowest BCUT2D eigenvalue weighted by molar-refractivity contribution is 0.0171. The summed E-state index contributed by atoms with van der Waals surface area (Å²) in [6.45, 7) is 2.22. The number of fused-ring (bicyclic) bond motifs is 1. The van der Waals surface area contributed by atoms with E-state index in [1.54, 1.807) is 0 Å². The first-order valence-electron chi connectivity index (χ1n) is 6.80. The molecule has 3 rings (SSSR count). The van der Waals surface area contributed by atoms with Crippen molar-refractivity contribution in [3.63, 3.8) is 0 Å². The predicted octanol–water partition coefficient (Wildman–Crippen LogP) is 4.18. The molecule has 1 saturated carbocycles. The van der Waals surface area contributed by atoms with E-state index in [0.29, 0.717) is 0 Å². The molecule has 3 heteroatoms. The molecule has 0 saturated heterocycles. The van der Waals surface area contributed by atoms with Crippen molar-refractivity contribution >= 4 is 15.9 Å². The predicted molar refractivity (Wildman–Crippen MR) is 76.7 cm³/mol. The van der Waals surface area contributed by atoms with E-state index in [2.05, 4.69) is 28.9 Å². The van der Waals surface area contributed by atoms with Crippen LogP contribution in [0.1, 0.15) is 50.6 Å². The van der Waals surface area contributed by atoms with Crippen molar-refractivity contribution < 1.29 is 4.74 Å². The Morgan fingerprint density at radius 3 is 2.89 bits per heavy atom. The van der Waals surface area contributed by atoms with Crippen LogP contribution in [0.5, 0.6) is 5.75 Å². The number of benzene rings is 1. The highest BCUT2D eigenvalue weighted by Gasteiger charge is 2.38. The van der Waals surface area contributed by atoms with Gasteiger partial charge in [0.2, 0.25) is 0 Å². The number of ether oxygens (including phenoxy) is 1. The average Bonchev–Trinajstić information content (AvgIpc) is 2.23. The van der Waals surface area contributed by atoms with Crippen LogP contribution in [0, 0.1) is 5.92 Å². The Morgan fingerprint density at radius 2 is 2.22 bits per heavy atom. The zero-order valence-corrected chi connectivity index (χ0v) is 12.4. The second-order valence-corrected chi connectivity index (χ2v) is 6.96. The third-order valence-electron chi connectivity index (χ3n) is 4.33. The minimum atomic E-state index is -0.0850. The molecule has 0 radical (unpaired) electrons. The lowest BCUT2D eigenvalue weighted by Crippen LogP contribution is -2.42. The second-order valence-electron chi connectivity index (χ2n) is 6.05. The van der Waals surface area contributed by atoms with Gasteiger partial charge in [-0.05, 0) is 31.4 Å². The van der Waals surface area contributed by atoms with Crippen LogP contribution in [0.15, 0.2) is 22.7 Å². The molecule has 1 aliphatic heterocycles. The van der Waals surface area contributed by atoms with Crippen LogP contribution < -0.4 is 10.5 Å². The van der Waals surface area contributed by atoms with Gasteiger partial charge in [0.1, 0.15) is 11.4 Å². The minimum absolute atomic E-state index is 0.0850. The summed E-state index contributed by atoms with van der Waals surface area (Å²) in [5, 5.41) is 0. The van der Waals surface area contributed by atoms with Crippen molar-refractivity contribution in [3.05, 3.63) is 28.2 Å². The van der Waals surface area contributed by atoms with Crippen LogP contribution >= 0.6 is 15.9 Å². The fourth-order valence-electron chi connectivity index (χ4n) is 3.22. The second kappa shape index (κ2) is 4.53. The molecule has 1 aromatic carbocycles. The van der Waals surface area contributed by atoms with Crippen LogP contribution in [-0.2, 0) is 0 Å². The van der Waals surface area contributed by atoms with Crippen molar-refractivity contribution in [2.45, 2.75) is 50.7 Å². The maximum Gasteiger partial charge on any atom is 0.126 e. The lowest BCUT2D eigenvalue weighted by atomic mass is 9.74. The molecule has 2 nitrogen and oxygen atoms in total. The zero-order valence-electron chi connectivity index (χ0n) is 10.8. The summed E-state index contributed by atoms with van der Waals surface area (Å²) in [5.41, 5.74) is 7.37. The number of hydrogen-bond donors (Lipinski definition) is 1. The molecule has 98 valence electrons. The van der Waals surface area contributed by atoms with Gasteiger partial charge in [0.15, 0.2) is 0 Å². The number of rotatable bonds is 2. The summed E-state index contributed by atoms with van der Waals surface area (Å²) in [4.78, 5) is 0.